The number of rotatable bonds is 2. The molecule has 3 unspecified atom stereocenters. The molecule has 2 aliphatic heterocycles. The van der Waals surface area contributed by atoms with Gasteiger partial charge in [-0.05, 0) is 12.3 Å². The number of hydrogen-bond acceptors (Lipinski definition) is 13. The van der Waals surface area contributed by atoms with E-state index in [1.165, 1.54) is 12.7 Å². The lowest BCUT2D eigenvalue weighted by Crippen LogP contribution is -2.37. The number of nitrogen functional groups attached to an aromatic ring is 1. The summed E-state index contributed by atoms with van der Waals surface area (Å²) in [6, 6.07) is -0.679. The van der Waals surface area contributed by atoms with Gasteiger partial charge in [0.2, 0.25) is 0 Å². The second-order valence-electron chi connectivity index (χ2n) is 9.27. The SMILES string of the molecule is NC=N[C@@H]1O[C@@H]2CO[P+](=O)O[C@H]3[C@@H](O)[C@H](n4cnc5c(N)ncnc54)[C@H]4CC43COP(=O)(O)O[C@@H]1[C@@H]2F. The lowest BCUT2D eigenvalue weighted by atomic mass is 10.0. The van der Waals surface area contributed by atoms with Gasteiger partial charge in [-0.3, -0.25) is 9.05 Å². The van der Waals surface area contributed by atoms with Crippen LogP contribution in [0.4, 0.5) is 10.2 Å². The van der Waals surface area contributed by atoms with Crippen LogP contribution < -0.4 is 11.5 Å². The smallest absolute Gasteiger partial charge is 0.390 e. The van der Waals surface area contributed by atoms with Gasteiger partial charge in [-0.1, -0.05) is 0 Å². The van der Waals surface area contributed by atoms with Crippen molar-refractivity contribution in [3.63, 3.8) is 0 Å². The fourth-order valence-electron chi connectivity index (χ4n) is 5.55. The lowest BCUT2D eigenvalue weighted by Gasteiger charge is -2.25. The summed E-state index contributed by atoms with van der Waals surface area (Å²) in [6.45, 7) is -0.982. The maximum Gasteiger partial charge on any atom is 0.697 e. The van der Waals surface area contributed by atoms with Crippen molar-refractivity contribution in [3.8, 4) is 0 Å². The van der Waals surface area contributed by atoms with Gasteiger partial charge in [0.15, 0.2) is 30.0 Å². The van der Waals surface area contributed by atoms with Crippen LogP contribution in [0.3, 0.4) is 0 Å². The first kappa shape index (κ1) is 25.1. The van der Waals surface area contributed by atoms with E-state index in [9.17, 15) is 23.5 Å². The Hall–Kier alpha value is -2.20. The Labute approximate surface area is 208 Å². The van der Waals surface area contributed by atoms with Crippen LogP contribution in [0, 0.1) is 11.3 Å². The van der Waals surface area contributed by atoms with Gasteiger partial charge in [0.1, 0.15) is 36.8 Å². The van der Waals surface area contributed by atoms with Gasteiger partial charge in [-0.25, -0.2) is 28.9 Å². The zero-order valence-electron chi connectivity index (χ0n) is 18.9. The van der Waals surface area contributed by atoms with Crippen LogP contribution in [0.2, 0.25) is 0 Å². The van der Waals surface area contributed by atoms with Crippen LogP contribution in [0.5, 0.6) is 0 Å². The van der Waals surface area contributed by atoms with Crippen LogP contribution in [0.15, 0.2) is 17.6 Å². The molecular weight excluding hydrogens is 539 g/mol. The fraction of sp³-hybridized carbons (Fsp3) is 0.667. The molecule has 19 heteroatoms. The van der Waals surface area contributed by atoms with E-state index in [2.05, 4.69) is 19.9 Å². The Morgan fingerprint density at radius 3 is 2.97 bits per heavy atom. The highest BCUT2D eigenvalue weighted by atomic mass is 31.2. The standard InChI is InChI=1S/C18H22FN7O9P2/c19-9-8-2-31-36(28)34-14-12(27)11(26-6-25-10-15(21)23-5-24-16(10)26)7-1-18(7,14)3-32-37(29,30)35-13(9)17(33-8)22-4-20/h4-9,11-14,17,27H,1-3H2,(H4-,20,21,22,23,24,29,30)/p+1/t7-,8-,9-,11-,12+,13-,14+,17-,18?/m1/s1. The predicted molar refractivity (Wildman–Crippen MR) is 121 cm³/mol. The van der Waals surface area contributed by atoms with Crippen molar-refractivity contribution in [2.24, 2.45) is 22.1 Å². The van der Waals surface area contributed by atoms with Crippen LogP contribution in [-0.2, 0) is 32.0 Å². The summed E-state index contributed by atoms with van der Waals surface area (Å²) < 4.78 is 68.7. The number of nitrogens with zero attached hydrogens (tertiary/aromatic N) is 5. The molecule has 2 aromatic heterocycles. The van der Waals surface area contributed by atoms with E-state index < -0.39 is 77.6 Å². The van der Waals surface area contributed by atoms with Crippen molar-refractivity contribution in [1.82, 2.24) is 19.5 Å². The van der Waals surface area contributed by atoms with Crippen LogP contribution in [-0.4, -0.2) is 85.9 Å². The second-order valence-corrected chi connectivity index (χ2v) is 11.6. The van der Waals surface area contributed by atoms with Crippen LogP contribution in [0.1, 0.15) is 12.5 Å². The molecule has 200 valence electrons. The van der Waals surface area contributed by atoms with E-state index in [0.29, 0.717) is 17.6 Å². The molecule has 16 nitrogen and oxygen atoms in total. The highest BCUT2D eigenvalue weighted by molar-refractivity contribution is 7.47. The molecule has 2 bridgehead atoms. The van der Waals surface area contributed by atoms with Crippen molar-refractivity contribution in [2.45, 2.75) is 49.3 Å². The summed E-state index contributed by atoms with van der Waals surface area (Å²) >= 11 is 0. The highest BCUT2D eigenvalue weighted by Crippen LogP contribution is 2.71. The van der Waals surface area contributed by atoms with Crippen molar-refractivity contribution in [3.05, 3.63) is 12.7 Å². The van der Waals surface area contributed by atoms with Crippen molar-refractivity contribution in [1.29, 1.82) is 0 Å². The van der Waals surface area contributed by atoms with Gasteiger partial charge in [0.05, 0.1) is 25.3 Å². The molecule has 2 saturated heterocycles. The number of phosphoric ester groups is 1. The number of nitrogens with two attached hydrogens (primary N) is 2. The molecular formula is C18H23FN7O9P2+. The summed E-state index contributed by atoms with van der Waals surface area (Å²) in [5.74, 6) is -0.211. The number of alkyl halides is 1. The largest absolute Gasteiger partial charge is 0.697 e. The Balaban J connectivity index is 1.32. The fourth-order valence-corrected chi connectivity index (χ4v) is 7.39. The first-order chi connectivity index (χ1) is 17.6. The maximum atomic E-state index is 15.0. The minimum Gasteiger partial charge on any atom is -0.390 e. The molecule has 6 rings (SSSR count). The third kappa shape index (κ3) is 4.06. The van der Waals surface area contributed by atoms with Gasteiger partial charge < -0.3 is 30.8 Å². The molecule has 0 aromatic carbocycles. The van der Waals surface area contributed by atoms with Gasteiger partial charge in [0.25, 0.3) is 0 Å². The molecule has 4 heterocycles. The first-order valence-electron chi connectivity index (χ1n) is 11.2. The number of anilines is 1. The quantitative estimate of drug-likeness (QED) is 0.214. The average molecular weight is 562 g/mol. The van der Waals surface area contributed by atoms with Crippen molar-refractivity contribution in [2.75, 3.05) is 18.9 Å². The summed E-state index contributed by atoms with van der Waals surface area (Å²) in [4.78, 5) is 26.5. The van der Waals surface area contributed by atoms with Gasteiger partial charge in [0, 0.05) is 9.98 Å². The minimum atomic E-state index is -4.86. The number of aromatic nitrogens is 4. The molecule has 6 N–H and O–H groups in total. The normalized spacial score (nSPS) is 45.2. The zero-order valence-corrected chi connectivity index (χ0v) is 20.7. The summed E-state index contributed by atoms with van der Waals surface area (Å²) in [5.41, 5.74) is 10.8. The first-order valence-corrected chi connectivity index (χ1v) is 13.8. The number of aliphatic hydroxyl groups excluding tert-OH is 1. The summed E-state index contributed by atoms with van der Waals surface area (Å²) in [6.07, 6.45) is -4.84. The topological polar surface area (TPSA) is 229 Å². The second kappa shape index (κ2) is 8.93. The number of halogens is 1. The highest BCUT2D eigenvalue weighted by Gasteiger charge is 2.75. The average Bonchev–Trinajstić information content (AvgIpc) is 3.17. The van der Waals surface area contributed by atoms with Crippen molar-refractivity contribution >= 4 is 39.4 Å². The van der Waals surface area contributed by atoms with Crippen LogP contribution in [0.25, 0.3) is 11.2 Å². The van der Waals surface area contributed by atoms with Gasteiger partial charge in [-0.2, -0.15) is 0 Å². The van der Waals surface area contributed by atoms with E-state index in [4.69, 9.17) is 34.3 Å². The molecule has 2 saturated carbocycles. The predicted octanol–water partition coefficient (Wildman–Crippen LogP) is -0.0446. The van der Waals surface area contributed by atoms with E-state index in [0.717, 1.165) is 6.34 Å². The lowest BCUT2D eigenvalue weighted by molar-refractivity contribution is -0.0349. The Kier molecular flexibility index (Phi) is 6.06. The summed E-state index contributed by atoms with van der Waals surface area (Å²) in [7, 11) is -7.73. The molecule has 11 atom stereocenters. The monoisotopic (exact) mass is 562 g/mol. The molecule has 2 aliphatic carbocycles. The number of ether oxygens (including phenoxy) is 1. The van der Waals surface area contributed by atoms with E-state index in [-0.39, 0.29) is 11.7 Å². The van der Waals surface area contributed by atoms with Crippen molar-refractivity contribution < 1.29 is 46.4 Å². The maximum absolute atomic E-state index is 15.0. The van der Waals surface area contributed by atoms with E-state index in [1.54, 1.807) is 4.57 Å². The Morgan fingerprint density at radius 2 is 2.19 bits per heavy atom. The molecule has 0 radical (unpaired) electrons. The van der Waals surface area contributed by atoms with E-state index >= 15 is 0 Å². The minimum absolute atomic E-state index is 0.152. The Bertz CT molecular complexity index is 1320. The Morgan fingerprint density at radius 1 is 1.38 bits per heavy atom. The van der Waals surface area contributed by atoms with E-state index in [1.807, 2.05) is 0 Å². The molecule has 37 heavy (non-hydrogen) atoms. The van der Waals surface area contributed by atoms with Crippen LogP contribution >= 0.6 is 16.1 Å². The number of hydrogen-bond donors (Lipinski definition) is 4. The van der Waals surface area contributed by atoms with Gasteiger partial charge >= 0.3 is 16.1 Å². The number of fused-ring (bicyclic) bond motifs is 3. The third-order valence-electron chi connectivity index (χ3n) is 7.32. The number of imidazole rings is 1. The molecule has 0 amide bonds. The number of phosphoric acid groups is 1. The van der Waals surface area contributed by atoms with Gasteiger partial charge in [-0.15, -0.1) is 9.05 Å². The number of aliphatic imine (C=N–C) groups is 1. The molecule has 1 spiro atoms. The number of aliphatic hydroxyl groups is 1. The summed E-state index contributed by atoms with van der Waals surface area (Å²) in [5, 5.41) is 11.3. The molecule has 4 aliphatic rings. The molecule has 4 fully saturated rings. The zero-order chi connectivity index (χ0) is 26.1. The third-order valence-corrected chi connectivity index (χ3v) is 9.04. The molecule has 2 aromatic rings.